The third-order valence-corrected chi connectivity index (χ3v) is 6.34. The van der Waals surface area contributed by atoms with E-state index >= 15 is 0 Å². The molecule has 0 saturated carbocycles. The number of ether oxygens (including phenoxy) is 1. The number of alkyl carbamates (subject to hydrolysis) is 1. The van der Waals surface area contributed by atoms with Crippen LogP contribution in [0.4, 0.5) is 4.79 Å². The molecule has 0 heterocycles. The van der Waals surface area contributed by atoms with Gasteiger partial charge in [0.1, 0.15) is 18.2 Å². The van der Waals surface area contributed by atoms with Gasteiger partial charge in [-0.25, -0.2) is 4.79 Å². The van der Waals surface area contributed by atoms with Gasteiger partial charge in [0.05, 0.1) is 0 Å². The number of nitrogens with zero attached hydrogens (tertiary/aromatic N) is 1. The van der Waals surface area contributed by atoms with E-state index in [0.29, 0.717) is 13.1 Å². The molecule has 210 valence electrons. The Hall–Kier alpha value is -2.57. The van der Waals surface area contributed by atoms with Crippen LogP contribution in [0, 0.1) is 13.8 Å². The number of rotatable bonds is 16. The third kappa shape index (κ3) is 13.0. The van der Waals surface area contributed by atoms with Gasteiger partial charge in [-0.1, -0.05) is 77.0 Å². The molecule has 2 N–H and O–H groups in total. The maximum Gasteiger partial charge on any atom is 0.408 e. The third-order valence-electron chi connectivity index (χ3n) is 6.34. The Morgan fingerprint density at radius 1 is 0.865 bits per heavy atom. The van der Waals surface area contributed by atoms with Gasteiger partial charge in [0.15, 0.2) is 0 Å². The molecule has 0 fully saturated rings. The van der Waals surface area contributed by atoms with Gasteiger partial charge in [-0.2, -0.15) is 0 Å². The number of hydrogen-bond donors (Lipinski definition) is 2. The van der Waals surface area contributed by atoms with Crippen molar-refractivity contribution in [3.8, 4) is 0 Å². The number of amides is 3. The summed E-state index contributed by atoms with van der Waals surface area (Å²) in [5.74, 6) is -0.484. The summed E-state index contributed by atoms with van der Waals surface area (Å²) in [5, 5.41) is 5.63. The van der Waals surface area contributed by atoms with Crippen LogP contribution in [0.2, 0.25) is 0 Å². The zero-order chi connectivity index (χ0) is 27.8. The molecule has 0 aliphatic rings. The minimum atomic E-state index is -0.760. The molecule has 1 aromatic carbocycles. The quantitative estimate of drug-likeness (QED) is 0.250. The number of carbonyl (C=O) groups excluding carboxylic acids is 3. The lowest BCUT2D eigenvalue weighted by Crippen LogP contribution is -2.48. The molecular formula is C30H51N3O4. The van der Waals surface area contributed by atoms with Crippen LogP contribution in [0.1, 0.15) is 115 Å². The molecule has 0 saturated heterocycles. The van der Waals surface area contributed by atoms with Crippen LogP contribution in [0.15, 0.2) is 18.2 Å². The van der Waals surface area contributed by atoms with E-state index in [-0.39, 0.29) is 18.4 Å². The summed E-state index contributed by atoms with van der Waals surface area (Å²) in [6.45, 7) is 14.5. The molecule has 7 heteroatoms. The van der Waals surface area contributed by atoms with Crippen LogP contribution in [-0.4, -0.2) is 48.0 Å². The molecule has 3 amide bonds. The summed E-state index contributed by atoms with van der Waals surface area (Å²) in [7, 11) is 0. The molecule has 1 unspecified atom stereocenters. The standard InChI is InChI=1S/C30H51N3O4/c1-8-10-12-13-14-16-20-33(26(34)22-32-29(36)37-30(5,6)7)27(28(35)31-19-15-11-9-2)25-18-17-23(3)24(4)21-25/h17-18,21,27H,8-16,19-20,22H2,1-7H3,(H,31,35)(H,32,36). The normalized spacial score (nSPS) is 12.1. The van der Waals surface area contributed by atoms with E-state index in [2.05, 4.69) is 24.5 Å². The van der Waals surface area contributed by atoms with E-state index in [9.17, 15) is 14.4 Å². The van der Waals surface area contributed by atoms with Crippen molar-refractivity contribution in [2.24, 2.45) is 0 Å². The predicted molar refractivity (Wildman–Crippen MR) is 151 cm³/mol. The zero-order valence-electron chi connectivity index (χ0n) is 24.4. The highest BCUT2D eigenvalue weighted by atomic mass is 16.6. The second-order valence-electron chi connectivity index (χ2n) is 11.0. The van der Waals surface area contributed by atoms with E-state index in [1.54, 1.807) is 25.7 Å². The fourth-order valence-electron chi connectivity index (χ4n) is 4.11. The van der Waals surface area contributed by atoms with Crippen molar-refractivity contribution in [1.82, 2.24) is 15.5 Å². The molecule has 0 aromatic heterocycles. The molecular weight excluding hydrogens is 466 g/mol. The van der Waals surface area contributed by atoms with Crippen molar-refractivity contribution >= 4 is 17.9 Å². The van der Waals surface area contributed by atoms with Gasteiger partial charge in [-0.3, -0.25) is 9.59 Å². The Morgan fingerprint density at radius 2 is 1.49 bits per heavy atom. The second-order valence-corrected chi connectivity index (χ2v) is 11.0. The Morgan fingerprint density at radius 3 is 2.11 bits per heavy atom. The summed E-state index contributed by atoms with van der Waals surface area (Å²) in [6.07, 6.45) is 8.78. The molecule has 37 heavy (non-hydrogen) atoms. The molecule has 0 aliphatic heterocycles. The number of carbonyl (C=O) groups is 3. The number of benzene rings is 1. The van der Waals surface area contributed by atoms with Gasteiger partial charge in [0, 0.05) is 13.1 Å². The maximum absolute atomic E-state index is 13.5. The number of aryl methyl sites for hydroxylation is 2. The summed E-state index contributed by atoms with van der Waals surface area (Å²) in [4.78, 5) is 40.9. The van der Waals surface area contributed by atoms with E-state index in [1.165, 1.54) is 19.3 Å². The molecule has 1 aromatic rings. The lowest BCUT2D eigenvalue weighted by Gasteiger charge is -2.32. The lowest BCUT2D eigenvalue weighted by atomic mass is 9.98. The van der Waals surface area contributed by atoms with Crippen molar-refractivity contribution in [1.29, 1.82) is 0 Å². The molecule has 7 nitrogen and oxygen atoms in total. The van der Waals surface area contributed by atoms with E-state index in [1.807, 2.05) is 32.0 Å². The summed E-state index contributed by atoms with van der Waals surface area (Å²) in [6, 6.07) is 5.16. The molecule has 0 bridgehead atoms. The van der Waals surface area contributed by atoms with Crippen LogP contribution in [0.25, 0.3) is 0 Å². The lowest BCUT2D eigenvalue weighted by molar-refractivity contribution is -0.140. The molecule has 0 aliphatic carbocycles. The first-order valence-electron chi connectivity index (χ1n) is 14.1. The molecule has 1 rings (SSSR count). The topological polar surface area (TPSA) is 87.7 Å². The Labute approximate surface area is 225 Å². The highest BCUT2D eigenvalue weighted by molar-refractivity contribution is 5.90. The minimum Gasteiger partial charge on any atom is -0.444 e. The van der Waals surface area contributed by atoms with E-state index in [4.69, 9.17) is 4.74 Å². The van der Waals surface area contributed by atoms with Crippen LogP contribution < -0.4 is 10.6 Å². The number of hydrogen-bond acceptors (Lipinski definition) is 4. The molecule has 1 atom stereocenters. The fourth-order valence-corrected chi connectivity index (χ4v) is 4.11. The van der Waals surface area contributed by atoms with E-state index in [0.717, 1.165) is 55.2 Å². The maximum atomic E-state index is 13.5. The predicted octanol–water partition coefficient (Wildman–Crippen LogP) is 6.36. The smallest absolute Gasteiger partial charge is 0.408 e. The molecule has 0 spiro atoms. The van der Waals surface area contributed by atoms with Crippen LogP contribution >= 0.6 is 0 Å². The Bertz CT molecular complexity index is 848. The summed E-state index contributed by atoms with van der Waals surface area (Å²) >= 11 is 0. The first-order valence-corrected chi connectivity index (χ1v) is 14.1. The van der Waals surface area contributed by atoms with Gasteiger partial charge in [-0.15, -0.1) is 0 Å². The van der Waals surface area contributed by atoms with Gasteiger partial charge in [0.25, 0.3) is 0 Å². The van der Waals surface area contributed by atoms with Gasteiger partial charge in [-0.05, 0) is 64.2 Å². The Balaban J connectivity index is 3.16. The zero-order valence-corrected chi connectivity index (χ0v) is 24.4. The van der Waals surface area contributed by atoms with Gasteiger partial charge < -0.3 is 20.3 Å². The molecule has 0 radical (unpaired) electrons. The fraction of sp³-hybridized carbons (Fsp3) is 0.700. The minimum absolute atomic E-state index is 0.184. The summed E-state index contributed by atoms with van der Waals surface area (Å²) < 4.78 is 5.30. The highest BCUT2D eigenvalue weighted by Crippen LogP contribution is 2.25. The van der Waals surface area contributed by atoms with Crippen LogP contribution in [-0.2, 0) is 14.3 Å². The van der Waals surface area contributed by atoms with Crippen molar-refractivity contribution in [2.45, 2.75) is 118 Å². The van der Waals surface area contributed by atoms with Crippen LogP contribution in [0.3, 0.4) is 0 Å². The van der Waals surface area contributed by atoms with Crippen molar-refractivity contribution in [3.05, 3.63) is 34.9 Å². The first kappa shape index (κ1) is 32.5. The average Bonchev–Trinajstić information content (AvgIpc) is 2.82. The van der Waals surface area contributed by atoms with Gasteiger partial charge >= 0.3 is 6.09 Å². The van der Waals surface area contributed by atoms with Crippen molar-refractivity contribution in [3.63, 3.8) is 0 Å². The monoisotopic (exact) mass is 517 g/mol. The van der Waals surface area contributed by atoms with E-state index < -0.39 is 17.7 Å². The largest absolute Gasteiger partial charge is 0.444 e. The second kappa shape index (κ2) is 17.0. The summed E-state index contributed by atoms with van der Waals surface area (Å²) in [5.41, 5.74) is 2.32. The van der Waals surface area contributed by atoms with Crippen molar-refractivity contribution in [2.75, 3.05) is 19.6 Å². The van der Waals surface area contributed by atoms with Crippen LogP contribution in [0.5, 0.6) is 0 Å². The SMILES string of the molecule is CCCCCCCCN(C(=O)CNC(=O)OC(C)(C)C)C(C(=O)NCCCCC)c1ccc(C)c(C)c1. The number of unbranched alkanes of at least 4 members (excludes halogenated alkanes) is 7. The Kier molecular flexibility index (Phi) is 14.9. The van der Waals surface area contributed by atoms with Crippen molar-refractivity contribution < 1.29 is 19.1 Å². The highest BCUT2D eigenvalue weighted by Gasteiger charge is 2.31. The average molecular weight is 518 g/mol. The van der Waals surface area contributed by atoms with Gasteiger partial charge in [0.2, 0.25) is 11.8 Å². The number of nitrogens with one attached hydrogen (secondary N) is 2. The first-order chi connectivity index (χ1) is 17.5.